The van der Waals surface area contributed by atoms with E-state index in [1.54, 1.807) is 18.2 Å². The number of hydrogen-bond donors (Lipinski definition) is 1. The summed E-state index contributed by atoms with van der Waals surface area (Å²) in [4.78, 5) is 0. The Morgan fingerprint density at radius 3 is 2.38 bits per heavy atom. The molecule has 0 unspecified atom stereocenters. The second-order valence-electron chi connectivity index (χ2n) is 4.35. The van der Waals surface area contributed by atoms with Crippen molar-refractivity contribution in [1.82, 2.24) is 5.16 Å². The molecule has 0 amide bonds. The van der Waals surface area contributed by atoms with Crippen LogP contribution < -0.4 is 5.73 Å². The smallest absolute Gasteiger partial charge is 0.230 e. The molecule has 1 aromatic heterocycles. The Balaban J connectivity index is 2.28. The van der Waals surface area contributed by atoms with Crippen molar-refractivity contribution < 1.29 is 8.91 Å². The predicted molar refractivity (Wildman–Crippen MR) is 87.1 cm³/mol. The first-order valence-corrected chi connectivity index (χ1v) is 7.62. The van der Waals surface area contributed by atoms with Crippen LogP contribution in [0.3, 0.4) is 0 Å². The number of nitrogen functional groups attached to an aromatic ring is 1. The van der Waals surface area contributed by atoms with Crippen LogP contribution in [0.4, 0.5) is 10.3 Å². The first-order valence-electron chi connectivity index (χ1n) is 6.04. The number of anilines is 1. The molecule has 0 bridgehead atoms. The summed E-state index contributed by atoms with van der Waals surface area (Å²) in [5.74, 6) is -0.254. The van der Waals surface area contributed by atoms with Crippen molar-refractivity contribution in [3.63, 3.8) is 0 Å². The van der Waals surface area contributed by atoms with Gasteiger partial charge < -0.3 is 10.3 Å². The molecule has 0 aliphatic heterocycles. The van der Waals surface area contributed by atoms with Gasteiger partial charge in [0.25, 0.3) is 0 Å². The largest absolute Gasteiger partial charge is 0.367 e. The standard InChI is InChI=1S/C15H9Br2FN2O/c16-10-6-2-1-4-8(10)12-14(20-21-15(12)19)9-5-3-7-11(17)13(9)18/h1-7H,19H2. The van der Waals surface area contributed by atoms with Gasteiger partial charge in [0, 0.05) is 15.6 Å². The van der Waals surface area contributed by atoms with E-state index in [4.69, 9.17) is 10.3 Å². The van der Waals surface area contributed by atoms with Gasteiger partial charge in [0.15, 0.2) is 0 Å². The molecule has 0 fully saturated rings. The van der Waals surface area contributed by atoms with Gasteiger partial charge in [-0.2, -0.15) is 0 Å². The zero-order chi connectivity index (χ0) is 15.0. The van der Waals surface area contributed by atoms with Gasteiger partial charge in [0.05, 0.1) is 10.0 Å². The molecule has 6 heteroatoms. The normalized spacial score (nSPS) is 10.8. The van der Waals surface area contributed by atoms with Crippen LogP contribution in [0, 0.1) is 5.82 Å². The zero-order valence-electron chi connectivity index (χ0n) is 10.6. The summed E-state index contributed by atoms with van der Waals surface area (Å²) in [6, 6.07) is 12.5. The molecule has 0 radical (unpaired) electrons. The van der Waals surface area contributed by atoms with Crippen molar-refractivity contribution >= 4 is 37.7 Å². The van der Waals surface area contributed by atoms with Crippen LogP contribution in [-0.2, 0) is 0 Å². The van der Waals surface area contributed by atoms with Crippen molar-refractivity contribution in [1.29, 1.82) is 0 Å². The van der Waals surface area contributed by atoms with E-state index in [0.717, 1.165) is 10.0 Å². The Kier molecular flexibility index (Phi) is 3.82. The molecular formula is C15H9Br2FN2O. The molecule has 0 aliphatic rings. The van der Waals surface area contributed by atoms with Gasteiger partial charge in [0.1, 0.15) is 11.5 Å². The van der Waals surface area contributed by atoms with E-state index in [0.29, 0.717) is 21.3 Å². The molecule has 1 heterocycles. The molecule has 3 aromatic rings. The van der Waals surface area contributed by atoms with Crippen LogP contribution in [0.1, 0.15) is 0 Å². The third-order valence-corrected chi connectivity index (χ3v) is 4.37. The number of nitrogens with zero attached hydrogens (tertiary/aromatic N) is 1. The molecule has 0 saturated carbocycles. The van der Waals surface area contributed by atoms with Gasteiger partial charge in [-0.15, -0.1) is 0 Å². The van der Waals surface area contributed by atoms with Crippen molar-refractivity contribution in [2.75, 3.05) is 5.73 Å². The van der Waals surface area contributed by atoms with Gasteiger partial charge in [-0.25, -0.2) is 4.39 Å². The molecule has 3 rings (SSSR count). The minimum absolute atomic E-state index is 0.149. The van der Waals surface area contributed by atoms with Gasteiger partial charge in [-0.1, -0.05) is 45.4 Å². The minimum Gasteiger partial charge on any atom is -0.367 e. The lowest BCUT2D eigenvalue weighted by atomic mass is 10.0. The second kappa shape index (κ2) is 5.61. The second-order valence-corrected chi connectivity index (χ2v) is 6.06. The summed E-state index contributed by atoms with van der Waals surface area (Å²) in [7, 11) is 0. The fourth-order valence-corrected chi connectivity index (χ4v) is 2.95. The first kappa shape index (κ1) is 14.3. The molecule has 0 aliphatic carbocycles. The lowest BCUT2D eigenvalue weighted by Gasteiger charge is -2.06. The monoisotopic (exact) mass is 410 g/mol. The topological polar surface area (TPSA) is 52.0 Å². The third-order valence-electron chi connectivity index (χ3n) is 3.07. The van der Waals surface area contributed by atoms with Gasteiger partial charge in [-0.05, 0) is 34.1 Å². The summed E-state index contributed by atoms with van der Waals surface area (Å²) in [6.07, 6.45) is 0. The number of halogens is 3. The Morgan fingerprint density at radius 2 is 1.62 bits per heavy atom. The fourth-order valence-electron chi connectivity index (χ4n) is 2.10. The third kappa shape index (κ3) is 2.49. The highest BCUT2D eigenvalue weighted by atomic mass is 79.9. The summed E-state index contributed by atoms with van der Waals surface area (Å²) >= 11 is 6.64. The van der Waals surface area contributed by atoms with Crippen molar-refractivity contribution in [2.45, 2.75) is 0 Å². The van der Waals surface area contributed by atoms with E-state index < -0.39 is 5.82 Å². The van der Waals surface area contributed by atoms with Gasteiger partial charge in [0.2, 0.25) is 5.88 Å². The molecule has 0 saturated heterocycles. The maximum absolute atomic E-state index is 14.3. The average Bonchev–Trinajstić information content (AvgIpc) is 2.84. The average molecular weight is 412 g/mol. The maximum atomic E-state index is 14.3. The van der Waals surface area contributed by atoms with Gasteiger partial charge in [-0.3, -0.25) is 0 Å². The summed E-state index contributed by atoms with van der Waals surface area (Å²) in [5, 5.41) is 3.92. The van der Waals surface area contributed by atoms with Crippen molar-refractivity contribution in [2.24, 2.45) is 0 Å². The molecule has 2 N–H and O–H groups in total. The SMILES string of the molecule is Nc1onc(-c2cccc(Br)c2F)c1-c1ccccc1Br. The summed E-state index contributed by atoms with van der Waals surface area (Å²) in [5.41, 5.74) is 7.95. The molecule has 2 aromatic carbocycles. The Bertz CT molecular complexity index is 817. The van der Waals surface area contributed by atoms with Crippen LogP contribution in [0.5, 0.6) is 0 Å². The maximum Gasteiger partial charge on any atom is 0.230 e. The van der Waals surface area contributed by atoms with E-state index in [2.05, 4.69) is 37.0 Å². The predicted octanol–water partition coefficient (Wildman–Crippen LogP) is 5.25. The van der Waals surface area contributed by atoms with Crippen LogP contribution in [-0.4, -0.2) is 5.16 Å². The van der Waals surface area contributed by atoms with E-state index in [9.17, 15) is 4.39 Å². The van der Waals surface area contributed by atoms with Crippen molar-refractivity contribution in [3.8, 4) is 22.4 Å². The number of aromatic nitrogens is 1. The lowest BCUT2D eigenvalue weighted by Crippen LogP contribution is -1.91. The molecule has 21 heavy (non-hydrogen) atoms. The molecule has 106 valence electrons. The molecule has 0 spiro atoms. The minimum atomic E-state index is -0.404. The number of hydrogen-bond acceptors (Lipinski definition) is 3. The van der Waals surface area contributed by atoms with E-state index >= 15 is 0 Å². The molecule has 3 nitrogen and oxygen atoms in total. The highest BCUT2D eigenvalue weighted by molar-refractivity contribution is 9.10. The number of benzene rings is 2. The fraction of sp³-hybridized carbons (Fsp3) is 0. The van der Waals surface area contributed by atoms with Crippen LogP contribution in [0.2, 0.25) is 0 Å². The van der Waals surface area contributed by atoms with Crippen molar-refractivity contribution in [3.05, 3.63) is 57.2 Å². The van der Waals surface area contributed by atoms with Crippen LogP contribution in [0.25, 0.3) is 22.4 Å². The van der Waals surface area contributed by atoms with E-state index in [1.807, 2.05) is 24.3 Å². The highest BCUT2D eigenvalue weighted by Crippen LogP contribution is 2.41. The number of nitrogens with two attached hydrogens (primary N) is 1. The molecule has 0 atom stereocenters. The molecular weight excluding hydrogens is 403 g/mol. The summed E-state index contributed by atoms with van der Waals surface area (Å²) < 4.78 is 20.6. The Morgan fingerprint density at radius 1 is 0.952 bits per heavy atom. The Hall–Kier alpha value is -1.66. The highest BCUT2D eigenvalue weighted by Gasteiger charge is 2.22. The van der Waals surface area contributed by atoms with E-state index in [-0.39, 0.29) is 5.88 Å². The Labute approximate surface area is 137 Å². The lowest BCUT2D eigenvalue weighted by molar-refractivity contribution is 0.439. The quantitative estimate of drug-likeness (QED) is 0.626. The summed E-state index contributed by atoms with van der Waals surface area (Å²) in [6.45, 7) is 0. The van der Waals surface area contributed by atoms with E-state index in [1.165, 1.54) is 0 Å². The first-order chi connectivity index (χ1) is 10.1. The van der Waals surface area contributed by atoms with Crippen LogP contribution in [0.15, 0.2) is 55.9 Å². The zero-order valence-corrected chi connectivity index (χ0v) is 13.8. The van der Waals surface area contributed by atoms with Gasteiger partial charge >= 0.3 is 0 Å². The van der Waals surface area contributed by atoms with Crippen LogP contribution >= 0.6 is 31.9 Å². The number of rotatable bonds is 2.